The molecule has 0 aromatic heterocycles. The third-order valence-corrected chi connectivity index (χ3v) is 7.05. The van der Waals surface area contributed by atoms with E-state index < -0.39 is 0 Å². The zero-order valence-corrected chi connectivity index (χ0v) is 19.1. The Hall–Kier alpha value is 0.440. The summed E-state index contributed by atoms with van der Waals surface area (Å²) in [4.78, 5) is 0. The van der Waals surface area contributed by atoms with Crippen LogP contribution in [0.15, 0.2) is 0 Å². The van der Waals surface area contributed by atoms with Gasteiger partial charge in [-0.3, -0.25) is 0 Å². The van der Waals surface area contributed by atoms with E-state index in [4.69, 9.17) is 0 Å². The van der Waals surface area contributed by atoms with Crippen molar-refractivity contribution in [1.29, 1.82) is 0 Å². The monoisotopic (exact) mass is 405 g/mol. The molecule has 0 saturated carbocycles. The molecule has 0 aromatic rings. The number of hydrogen-bond donors (Lipinski definition) is 1. The second kappa shape index (κ2) is 18.2. The Kier molecular flexibility index (Phi) is 20.3. The average Bonchev–Trinajstić information content (AvgIpc) is 2.54. The van der Waals surface area contributed by atoms with E-state index in [-0.39, 0.29) is 6.15 Å². The maximum Gasteiger partial charge on any atom is 0.0252 e. The molecule has 0 aliphatic rings. The first-order valence-corrected chi connectivity index (χ1v) is 11.5. The molecule has 1 nitrogen and oxygen atoms in total. The summed E-state index contributed by atoms with van der Waals surface area (Å²) in [5.74, 6) is 0.796. The van der Waals surface area contributed by atoms with Gasteiger partial charge in [-0.05, 0) is 25.7 Å². The SMILES string of the molecule is CCCCCCCCCCCCCCCCC(C)C(C)(Br)CC.N. The van der Waals surface area contributed by atoms with Gasteiger partial charge < -0.3 is 6.15 Å². The van der Waals surface area contributed by atoms with Crippen molar-refractivity contribution >= 4 is 15.9 Å². The fraction of sp³-hybridized carbons (Fsp3) is 1.00. The van der Waals surface area contributed by atoms with Crippen molar-refractivity contribution in [3.63, 3.8) is 0 Å². The first-order chi connectivity index (χ1) is 11.0. The van der Waals surface area contributed by atoms with E-state index in [1.54, 1.807) is 0 Å². The van der Waals surface area contributed by atoms with Crippen LogP contribution in [0.4, 0.5) is 0 Å². The maximum atomic E-state index is 3.89. The highest BCUT2D eigenvalue weighted by Gasteiger charge is 2.24. The Labute approximate surface area is 162 Å². The highest BCUT2D eigenvalue weighted by Crippen LogP contribution is 2.34. The zero-order chi connectivity index (χ0) is 17.4. The predicted octanol–water partition coefficient (Wildman–Crippen LogP) is 9.22. The minimum absolute atomic E-state index is 0. The fourth-order valence-corrected chi connectivity index (χ4v) is 3.52. The summed E-state index contributed by atoms with van der Waals surface area (Å²) in [6.45, 7) is 9.34. The summed E-state index contributed by atoms with van der Waals surface area (Å²) in [5.41, 5.74) is 0. The van der Waals surface area contributed by atoms with E-state index in [9.17, 15) is 0 Å². The number of halogens is 1. The Morgan fingerprint density at radius 3 is 1.33 bits per heavy atom. The second-order valence-corrected chi connectivity index (χ2v) is 9.73. The highest BCUT2D eigenvalue weighted by molar-refractivity contribution is 9.10. The number of alkyl halides is 1. The van der Waals surface area contributed by atoms with E-state index >= 15 is 0 Å². The van der Waals surface area contributed by atoms with Gasteiger partial charge >= 0.3 is 0 Å². The van der Waals surface area contributed by atoms with Gasteiger partial charge in [-0.15, -0.1) is 0 Å². The average molecular weight is 407 g/mol. The molecule has 0 saturated heterocycles. The first kappa shape index (κ1) is 26.7. The van der Waals surface area contributed by atoms with Gasteiger partial charge in [-0.25, -0.2) is 0 Å². The van der Waals surface area contributed by atoms with Crippen LogP contribution in [0.5, 0.6) is 0 Å². The van der Waals surface area contributed by atoms with Gasteiger partial charge in [-0.2, -0.15) is 0 Å². The lowest BCUT2D eigenvalue weighted by Crippen LogP contribution is -2.24. The van der Waals surface area contributed by atoms with Crippen molar-refractivity contribution in [2.45, 2.75) is 135 Å². The van der Waals surface area contributed by atoms with Gasteiger partial charge in [0.1, 0.15) is 0 Å². The third kappa shape index (κ3) is 15.9. The second-order valence-electron chi connectivity index (χ2n) is 7.92. The molecule has 0 amide bonds. The van der Waals surface area contributed by atoms with Crippen LogP contribution in [0.25, 0.3) is 0 Å². The molecule has 3 N–H and O–H groups in total. The quantitative estimate of drug-likeness (QED) is 0.190. The first-order valence-electron chi connectivity index (χ1n) is 10.7. The number of hydrogen-bond acceptors (Lipinski definition) is 1. The van der Waals surface area contributed by atoms with Crippen molar-refractivity contribution in [3.05, 3.63) is 0 Å². The molecule has 0 heterocycles. The molecule has 0 aliphatic carbocycles. The predicted molar refractivity (Wildman–Crippen MR) is 117 cm³/mol. The summed E-state index contributed by atoms with van der Waals surface area (Å²) in [6.07, 6.45) is 23.0. The molecular weight excluding hydrogens is 358 g/mol. The third-order valence-electron chi connectivity index (χ3n) is 5.71. The summed E-state index contributed by atoms with van der Waals surface area (Å²) in [7, 11) is 0. The Balaban J connectivity index is 0. The normalized spacial score (nSPS) is 14.9. The minimum atomic E-state index is 0. The van der Waals surface area contributed by atoms with Crippen molar-refractivity contribution in [3.8, 4) is 0 Å². The smallest absolute Gasteiger partial charge is 0.0252 e. The van der Waals surface area contributed by atoms with Crippen LogP contribution in [0.3, 0.4) is 0 Å². The highest BCUT2D eigenvalue weighted by atomic mass is 79.9. The molecular formula is C22H48BrN. The lowest BCUT2D eigenvalue weighted by Gasteiger charge is -2.28. The molecule has 2 heteroatoms. The molecule has 0 aromatic carbocycles. The van der Waals surface area contributed by atoms with Crippen molar-refractivity contribution < 1.29 is 0 Å². The lowest BCUT2D eigenvalue weighted by atomic mass is 9.88. The van der Waals surface area contributed by atoms with Gasteiger partial charge in [0.25, 0.3) is 0 Å². The molecule has 2 unspecified atom stereocenters. The number of unbranched alkanes of at least 4 members (excludes halogenated alkanes) is 13. The summed E-state index contributed by atoms with van der Waals surface area (Å²) in [5, 5.41) is 0. The van der Waals surface area contributed by atoms with Crippen LogP contribution in [-0.4, -0.2) is 4.32 Å². The molecule has 24 heavy (non-hydrogen) atoms. The van der Waals surface area contributed by atoms with Gasteiger partial charge in [0, 0.05) is 4.32 Å². The van der Waals surface area contributed by atoms with E-state index in [0.29, 0.717) is 4.32 Å². The molecule has 0 radical (unpaired) electrons. The standard InChI is InChI=1S/C22H45Br.H3N/c1-5-7-8-9-10-11-12-13-14-15-16-17-18-19-20-21(3)22(4,23)6-2;/h21H,5-20H2,1-4H3;1H3. The van der Waals surface area contributed by atoms with Gasteiger partial charge in [0.2, 0.25) is 0 Å². The van der Waals surface area contributed by atoms with E-state index in [0.717, 1.165) is 5.92 Å². The maximum absolute atomic E-state index is 3.89. The summed E-state index contributed by atoms with van der Waals surface area (Å²) in [6, 6.07) is 0. The Morgan fingerprint density at radius 1 is 0.667 bits per heavy atom. The fourth-order valence-electron chi connectivity index (χ4n) is 3.29. The van der Waals surface area contributed by atoms with Crippen LogP contribution in [0.1, 0.15) is 130 Å². The summed E-state index contributed by atoms with van der Waals surface area (Å²) >= 11 is 3.89. The van der Waals surface area contributed by atoms with E-state index in [2.05, 4.69) is 43.6 Å². The van der Waals surface area contributed by atoms with Gasteiger partial charge in [0.05, 0.1) is 0 Å². The van der Waals surface area contributed by atoms with Gasteiger partial charge in [0.15, 0.2) is 0 Å². The van der Waals surface area contributed by atoms with Crippen molar-refractivity contribution in [1.82, 2.24) is 6.15 Å². The zero-order valence-electron chi connectivity index (χ0n) is 17.5. The van der Waals surface area contributed by atoms with E-state index in [1.807, 2.05) is 0 Å². The van der Waals surface area contributed by atoms with Crippen molar-refractivity contribution in [2.24, 2.45) is 5.92 Å². The molecule has 0 aliphatic heterocycles. The topological polar surface area (TPSA) is 35.0 Å². The number of rotatable bonds is 17. The van der Waals surface area contributed by atoms with E-state index in [1.165, 1.54) is 103 Å². The van der Waals surface area contributed by atoms with Crippen LogP contribution >= 0.6 is 15.9 Å². The molecule has 0 rings (SSSR count). The molecule has 0 fully saturated rings. The molecule has 0 spiro atoms. The Bertz CT molecular complexity index is 240. The van der Waals surface area contributed by atoms with Gasteiger partial charge in [-0.1, -0.05) is 127 Å². The summed E-state index contributed by atoms with van der Waals surface area (Å²) < 4.78 is 0.351. The van der Waals surface area contributed by atoms with Crippen LogP contribution < -0.4 is 6.15 Å². The van der Waals surface area contributed by atoms with Crippen LogP contribution in [0.2, 0.25) is 0 Å². The lowest BCUT2D eigenvalue weighted by molar-refractivity contribution is 0.385. The molecule has 2 atom stereocenters. The molecule has 0 bridgehead atoms. The van der Waals surface area contributed by atoms with Crippen LogP contribution in [0, 0.1) is 5.92 Å². The Morgan fingerprint density at radius 2 is 1.00 bits per heavy atom. The molecule has 148 valence electrons. The van der Waals surface area contributed by atoms with Crippen LogP contribution in [-0.2, 0) is 0 Å². The largest absolute Gasteiger partial charge is 0.344 e. The van der Waals surface area contributed by atoms with Crippen molar-refractivity contribution in [2.75, 3.05) is 0 Å². The minimum Gasteiger partial charge on any atom is -0.344 e.